The van der Waals surface area contributed by atoms with Crippen molar-refractivity contribution in [3.8, 4) is 0 Å². The number of nitrogens with zero attached hydrogens (tertiary/aromatic N) is 4. The van der Waals surface area contributed by atoms with Crippen molar-refractivity contribution in [3.05, 3.63) is 23.3 Å². The fourth-order valence-electron chi connectivity index (χ4n) is 3.34. The molecule has 1 aromatic carbocycles. The Kier molecular flexibility index (Phi) is 4.22. The van der Waals surface area contributed by atoms with Crippen LogP contribution in [0.2, 0.25) is 0 Å². The van der Waals surface area contributed by atoms with E-state index in [1.807, 2.05) is 25.5 Å². The molecule has 0 radical (unpaired) electrons. The lowest BCUT2D eigenvalue weighted by molar-refractivity contribution is -0.120. The number of aromatic nitrogens is 4. The lowest BCUT2D eigenvalue weighted by Gasteiger charge is -2.11. The number of amides is 1. The number of rotatable bonds is 4. The molecule has 2 heterocycles. The molecule has 24 heavy (non-hydrogen) atoms. The van der Waals surface area contributed by atoms with Crippen LogP contribution >= 0.6 is 0 Å². The summed E-state index contributed by atoms with van der Waals surface area (Å²) in [6.07, 6.45) is 1.59. The second-order valence-electron chi connectivity index (χ2n) is 6.35. The maximum absolute atomic E-state index is 12.2. The molecule has 0 aliphatic rings. The van der Waals surface area contributed by atoms with E-state index >= 15 is 0 Å². The maximum atomic E-state index is 12.2. The van der Waals surface area contributed by atoms with E-state index in [0.717, 1.165) is 34.9 Å². The molecule has 1 amide bonds. The van der Waals surface area contributed by atoms with E-state index in [2.05, 4.69) is 46.5 Å². The van der Waals surface area contributed by atoms with Gasteiger partial charge in [0.1, 0.15) is 5.52 Å². The lowest BCUT2D eigenvalue weighted by atomic mass is 10.0. The number of nitrogens with one attached hydrogen (secondary N) is 1. The van der Waals surface area contributed by atoms with Crippen molar-refractivity contribution in [1.29, 1.82) is 0 Å². The highest BCUT2D eigenvalue weighted by molar-refractivity contribution is 6.06. The minimum atomic E-state index is -0.0491. The van der Waals surface area contributed by atoms with Gasteiger partial charge in [0.15, 0.2) is 5.65 Å². The van der Waals surface area contributed by atoms with Crippen LogP contribution in [0.5, 0.6) is 0 Å². The van der Waals surface area contributed by atoms with Crippen molar-refractivity contribution in [1.82, 2.24) is 19.7 Å². The molecule has 3 rings (SSSR count). The highest BCUT2D eigenvalue weighted by atomic mass is 16.2. The Morgan fingerprint density at radius 2 is 1.92 bits per heavy atom. The Balaban J connectivity index is 2.09. The third kappa shape index (κ3) is 2.62. The zero-order chi connectivity index (χ0) is 17.4. The van der Waals surface area contributed by atoms with Crippen LogP contribution in [-0.2, 0) is 11.8 Å². The number of hydrogen-bond acceptors (Lipinski definition) is 4. The average molecular weight is 325 g/mol. The monoisotopic (exact) mass is 325 g/mol. The number of carbonyl (C=O) groups is 1. The second kappa shape index (κ2) is 6.19. The summed E-state index contributed by atoms with van der Waals surface area (Å²) < 4.78 is 2.01. The first-order valence-electron chi connectivity index (χ1n) is 8.37. The van der Waals surface area contributed by atoms with Gasteiger partial charge in [-0.25, -0.2) is 0 Å². The maximum Gasteiger partial charge on any atom is 0.251 e. The van der Waals surface area contributed by atoms with Gasteiger partial charge in [0, 0.05) is 18.4 Å². The van der Waals surface area contributed by atoms with Crippen LogP contribution in [0.25, 0.3) is 22.1 Å². The van der Waals surface area contributed by atoms with Crippen molar-refractivity contribution < 1.29 is 4.79 Å². The van der Waals surface area contributed by atoms with Crippen LogP contribution in [0, 0.1) is 19.8 Å². The van der Waals surface area contributed by atoms with Gasteiger partial charge in [-0.15, -0.1) is 10.2 Å². The van der Waals surface area contributed by atoms with E-state index in [1.54, 1.807) is 0 Å². The molecule has 126 valence electrons. The zero-order valence-electron chi connectivity index (χ0n) is 14.8. The van der Waals surface area contributed by atoms with Gasteiger partial charge in [-0.1, -0.05) is 25.5 Å². The standard InChI is InChI=1S/C18H23N5O/c1-6-12(7-2)17(24)20-18-19-16-14(21-22-18)13-9-10(3)8-11(4)15(13)23(16)5/h8-9,12H,6-7H2,1-5H3,(H,19,20,22,24). The molecule has 0 bridgehead atoms. The van der Waals surface area contributed by atoms with Gasteiger partial charge in [-0.05, 0) is 38.3 Å². The zero-order valence-corrected chi connectivity index (χ0v) is 14.8. The number of hydrogen-bond donors (Lipinski definition) is 1. The van der Waals surface area contributed by atoms with E-state index in [-0.39, 0.29) is 17.8 Å². The van der Waals surface area contributed by atoms with Gasteiger partial charge in [0.25, 0.3) is 5.95 Å². The lowest BCUT2D eigenvalue weighted by Crippen LogP contribution is -2.23. The van der Waals surface area contributed by atoms with Gasteiger partial charge >= 0.3 is 0 Å². The minimum absolute atomic E-state index is 0.0262. The van der Waals surface area contributed by atoms with Crippen LogP contribution in [0.1, 0.15) is 37.8 Å². The first-order valence-corrected chi connectivity index (χ1v) is 8.37. The number of anilines is 1. The molecule has 0 aliphatic heterocycles. The predicted molar refractivity (Wildman–Crippen MR) is 96.0 cm³/mol. The molecule has 0 aliphatic carbocycles. The fraction of sp³-hybridized carbons (Fsp3) is 0.444. The summed E-state index contributed by atoms with van der Waals surface area (Å²) in [7, 11) is 1.97. The van der Waals surface area contributed by atoms with E-state index in [9.17, 15) is 4.79 Å². The van der Waals surface area contributed by atoms with Gasteiger partial charge in [-0.2, -0.15) is 4.98 Å². The molecule has 6 heteroatoms. The number of benzene rings is 1. The largest absolute Gasteiger partial charge is 0.327 e. The van der Waals surface area contributed by atoms with Crippen molar-refractivity contribution in [3.63, 3.8) is 0 Å². The number of carbonyl (C=O) groups excluding carboxylic acids is 1. The topological polar surface area (TPSA) is 72.7 Å². The minimum Gasteiger partial charge on any atom is -0.327 e. The molecule has 6 nitrogen and oxygen atoms in total. The molecule has 0 atom stereocenters. The summed E-state index contributed by atoms with van der Waals surface area (Å²) in [6.45, 7) is 8.16. The molecule has 0 saturated carbocycles. The first kappa shape index (κ1) is 16.4. The van der Waals surface area contributed by atoms with Gasteiger partial charge in [0.05, 0.1) is 5.52 Å². The third-order valence-corrected chi connectivity index (χ3v) is 4.61. The van der Waals surface area contributed by atoms with E-state index in [4.69, 9.17) is 0 Å². The molecule has 3 aromatic rings. The second-order valence-corrected chi connectivity index (χ2v) is 6.35. The quantitative estimate of drug-likeness (QED) is 0.796. The van der Waals surface area contributed by atoms with E-state index in [0.29, 0.717) is 0 Å². The molecule has 0 spiro atoms. The fourth-order valence-corrected chi connectivity index (χ4v) is 3.34. The van der Waals surface area contributed by atoms with Crippen LogP contribution < -0.4 is 5.32 Å². The molecular formula is C18H23N5O. The normalized spacial score (nSPS) is 11.6. The van der Waals surface area contributed by atoms with Gasteiger partial charge in [0.2, 0.25) is 5.91 Å². The van der Waals surface area contributed by atoms with Crippen LogP contribution in [0.4, 0.5) is 5.95 Å². The number of fused-ring (bicyclic) bond motifs is 3. The summed E-state index contributed by atoms with van der Waals surface area (Å²) in [6, 6.07) is 4.24. The Morgan fingerprint density at radius 1 is 1.21 bits per heavy atom. The summed E-state index contributed by atoms with van der Waals surface area (Å²) in [4.78, 5) is 16.8. The summed E-state index contributed by atoms with van der Waals surface area (Å²) in [5, 5.41) is 12.3. The predicted octanol–water partition coefficient (Wildman–Crippen LogP) is 3.51. The van der Waals surface area contributed by atoms with Gasteiger partial charge < -0.3 is 4.57 Å². The highest BCUT2D eigenvalue weighted by Gasteiger charge is 2.18. The molecule has 0 unspecified atom stereocenters. The Bertz CT molecular complexity index is 924. The van der Waals surface area contributed by atoms with Crippen molar-refractivity contribution in [2.75, 3.05) is 5.32 Å². The molecule has 0 fully saturated rings. The SMILES string of the molecule is CCC(CC)C(=O)Nc1nnc2c3cc(C)cc(C)c3n(C)c2n1. The molecule has 1 N–H and O–H groups in total. The average Bonchev–Trinajstić information content (AvgIpc) is 2.81. The van der Waals surface area contributed by atoms with E-state index in [1.165, 1.54) is 11.1 Å². The van der Waals surface area contributed by atoms with Crippen molar-refractivity contribution in [2.24, 2.45) is 13.0 Å². The smallest absolute Gasteiger partial charge is 0.251 e. The molecule has 2 aromatic heterocycles. The number of aryl methyl sites for hydroxylation is 3. The van der Waals surface area contributed by atoms with E-state index < -0.39 is 0 Å². The Morgan fingerprint density at radius 3 is 2.58 bits per heavy atom. The Labute approximate surface area is 141 Å². The summed E-state index contributed by atoms with van der Waals surface area (Å²) >= 11 is 0. The van der Waals surface area contributed by atoms with Crippen LogP contribution in [-0.4, -0.2) is 25.7 Å². The van der Waals surface area contributed by atoms with Crippen LogP contribution in [0.15, 0.2) is 12.1 Å². The summed E-state index contributed by atoms with van der Waals surface area (Å²) in [5.41, 5.74) is 4.95. The highest BCUT2D eigenvalue weighted by Crippen LogP contribution is 2.29. The van der Waals surface area contributed by atoms with Crippen LogP contribution in [0.3, 0.4) is 0 Å². The Hall–Kier alpha value is -2.50. The molecule has 0 saturated heterocycles. The summed E-state index contributed by atoms with van der Waals surface area (Å²) in [5.74, 6) is 0.188. The molecular weight excluding hydrogens is 302 g/mol. The third-order valence-electron chi connectivity index (χ3n) is 4.61. The first-order chi connectivity index (χ1) is 11.5. The van der Waals surface area contributed by atoms with Gasteiger partial charge in [-0.3, -0.25) is 10.1 Å². The van der Waals surface area contributed by atoms with Crippen molar-refractivity contribution in [2.45, 2.75) is 40.5 Å². The van der Waals surface area contributed by atoms with Crippen molar-refractivity contribution >= 4 is 33.9 Å².